The maximum Gasteiger partial charge on any atom is 0.0474 e. The maximum absolute atomic E-state index is 5.02. The molecule has 1 unspecified atom stereocenters. The first-order valence-electron chi connectivity index (χ1n) is 5.21. The third kappa shape index (κ3) is 4.60. The van der Waals surface area contributed by atoms with Gasteiger partial charge in [-0.05, 0) is 38.9 Å². The van der Waals surface area contributed by atoms with Gasteiger partial charge in [-0.15, -0.1) is 0 Å². The van der Waals surface area contributed by atoms with E-state index < -0.39 is 0 Å². The van der Waals surface area contributed by atoms with Crippen molar-refractivity contribution in [1.29, 1.82) is 0 Å². The van der Waals surface area contributed by atoms with E-state index in [1.807, 2.05) is 0 Å². The summed E-state index contributed by atoms with van der Waals surface area (Å²) in [7, 11) is 3.97. The van der Waals surface area contributed by atoms with Crippen LogP contribution in [0, 0.1) is 5.92 Å². The largest absolute Gasteiger partial charge is 0.385 e. The molecule has 0 aromatic carbocycles. The van der Waals surface area contributed by atoms with Crippen molar-refractivity contribution >= 4 is 0 Å². The maximum atomic E-state index is 5.02. The van der Waals surface area contributed by atoms with E-state index in [2.05, 4.69) is 17.3 Å². The first kappa shape index (κ1) is 11.0. The molecule has 1 rings (SSSR count). The van der Waals surface area contributed by atoms with E-state index in [1.54, 1.807) is 7.11 Å². The lowest BCUT2D eigenvalue weighted by Gasteiger charge is -2.19. The highest BCUT2D eigenvalue weighted by molar-refractivity contribution is 4.73. The Bertz CT molecular complexity index is 124. The van der Waals surface area contributed by atoms with Crippen LogP contribution in [0.2, 0.25) is 0 Å². The van der Waals surface area contributed by atoms with Crippen molar-refractivity contribution in [2.45, 2.75) is 12.8 Å². The molecule has 0 saturated carbocycles. The van der Waals surface area contributed by atoms with Gasteiger partial charge in [0.25, 0.3) is 0 Å². The number of methoxy groups -OCH3 is 1. The van der Waals surface area contributed by atoms with Gasteiger partial charge in [0.05, 0.1) is 0 Å². The molecule has 1 heterocycles. The molecular formula is C10H22N2O. The fraction of sp³-hybridized carbons (Fsp3) is 1.00. The quantitative estimate of drug-likeness (QED) is 0.614. The Morgan fingerprint density at radius 1 is 1.54 bits per heavy atom. The van der Waals surface area contributed by atoms with Crippen LogP contribution in [0.15, 0.2) is 0 Å². The summed E-state index contributed by atoms with van der Waals surface area (Å²) in [6.45, 7) is 5.68. The van der Waals surface area contributed by atoms with Crippen LogP contribution in [-0.2, 0) is 4.74 Å². The molecule has 0 spiro atoms. The molecule has 1 fully saturated rings. The summed E-state index contributed by atoms with van der Waals surface area (Å²) in [5, 5.41) is 3.39. The number of ether oxygens (including phenoxy) is 1. The Morgan fingerprint density at radius 2 is 2.38 bits per heavy atom. The minimum atomic E-state index is 0.868. The molecule has 1 aliphatic heterocycles. The second-order valence-electron chi connectivity index (χ2n) is 3.97. The van der Waals surface area contributed by atoms with Crippen LogP contribution in [0.25, 0.3) is 0 Å². The van der Waals surface area contributed by atoms with Gasteiger partial charge in [0.1, 0.15) is 0 Å². The summed E-state index contributed by atoms with van der Waals surface area (Å²) >= 11 is 0. The van der Waals surface area contributed by atoms with Crippen molar-refractivity contribution in [3.8, 4) is 0 Å². The molecule has 0 aliphatic carbocycles. The van der Waals surface area contributed by atoms with E-state index in [4.69, 9.17) is 4.74 Å². The number of nitrogens with one attached hydrogen (secondary N) is 1. The van der Waals surface area contributed by atoms with Crippen LogP contribution in [-0.4, -0.2) is 51.8 Å². The third-order valence-corrected chi connectivity index (χ3v) is 2.62. The molecule has 13 heavy (non-hydrogen) atoms. The molecule has 0 bridgehead atoms. The van der Waals surface area contributed by atoms with E-state index in [9.17, 15) is 0 Å². The second kappa shape index (κ2) is 6.35. The van der Waals surface area contributed by atoms with Crippen LogP contribution in [0.4, 0.5) is 0 Å². The van der Waals surface area contributed by atoms with Gasteiger partial charge in [0, 0.05) is 26.8 Å². The zero-order valence-electron chi connectivity index (χ0n) is 8.88. The smallest absolute Gasteiger partial charge is 0.0474 e. The second-order valence-corrected chi connectivity index (χ2v) is 3.97. The van der Waals surface area contributed by atoms with Gasteiger partial charge in [-0.2, -0.15) is 0 Å². The van der Waals surface area contributed by atoms with Crippen molar-refractivity contribution < 1.29 is 4.74 Å². The summed E-state index contributed by atoms with van der Waals surface area (Å²) in [6.07, 6.45) is 2.49. The minimum absolute atomic E-state index is 0.868. The highest BCUT2D eigenvalue weighted by Gasteiger charge is 2.15. The Morgan fingerprint density at radius 3 is 3.00 bits per heavy atom. The number of rotatable bonds is 6. The lowest BCUT2D eigenvalue weighted by molar-refractivity contribution is 0.175. The van der Waals surface area contributed by atoms with E-state index in [0.29, 0.717) is 0 Å². The average Bonchev–Trinajstić information content (AvgIpc) is 2.57. The normalized spacial score (nSPS) is 22.8. The van der Waals surface area contributed by atoms with E-state index in [1.165, 1.54) is 26.1 Å². The standard InChI is InChI=1S/C10H22N2O/c1-12(6-3-7-13-2)9-10-4-5-11-8-10/h10-11H,3-9H2,1-2H3. The SMILES string of the molecule is COCCCN(C)CC1CCNC1. The molecule has 1 saturated heterocycles. The van der Waals surface area contributed by atoms with Gasteiger partial charge in [-0.25, -0.2) is 0 Å². The van der Waals surface area contributed by atoms with E-state index >= 15 is 0 Å². The molecule has 1 atom stereocenters. The van der Waals surface area contributed by atoms with E-state index in [-0.39, 0.29) is 0 Å². The predicted octanol–water partition coefficient (Wildman–Crippen LogP) is 0.564. The van der Waals surface area contributed by atoms with Gasteiger partial charge in [0.15, 0.2) is 0 Å². The molecule has 0 radical (unpaired) electrons. The lowest BCUT2D eigenvalue weighted by atomic mass is 10.1. The first-order chi connectivity index (χ1) is 6.33. The average molecular weight is 186 g/mol. The number of nitrogens with zero attached hydrogens (tertiary/aromatic N) is 1. The first-order valence-corrected chi connectivity index (χ1v) is 5.21. The van der Waals surface area contributed by atoms with E-state index in [0.717, 1.165) is 25.5 Å². The Hall–Kier alpha value is -0.120. The highest BCUT2D eigenvalue weighted by Crippen LogP contribution is 2.08. The molecular weight excluding hydrogens is 164 g/mol. The third-order valence-electron chi connectivity index (χ3n) is 2.62. The van der Waals surface area contributed by atoms with Gasteiger partial charge in [0.2, 0.25) is 0 Å². The van der Waals surface area contributed by atoms with Gasteiger partial charge >= 0.3 is 0 Å². The molecule has 78 valence electrons. The topological polar surface area (TPSA) is 24.5 Å². The van der Waals surface area contributed by atoms with Gasteiger partial charge in [-0.1, -0.05) is 0 Å². The zero-order valence-corrected chi connectivity index (χ0v) is 8.88. The van der Waals surface area contributed by atoms with Crippen LogP contribution < -0.4 is 5.32 Å². The van der Waals surface area contributed by atoms with Crippen LogP contribution in [0.5, 0.6) is 0 Å². The number of hydrogen-bond donors (Lipinski definition) is 1. The molecule has 3 heteroatoms. The van der Waals surface area contributed by atoms with Crippen molar-refractivity contribution in [2.75, 3.05) is 46.9 Å². The molecule has 1 N–H and O–H groups in total. The molecule has 1 aliphatic rings. The lowest BCUT2D eigenvalue weighted by Crippen LogP contribution is -2.28. The summed E-state index contributed by atoms with van der Waals surface area (Å²) < 4.78 is 5.02. The molecule has 0 amide bonds. The summed E-state index contributed by atoms with van der Waals surface area (Å²) in [5.41, 5.74) is 0. The van der Waals surface area contributed by atoms with Gasteiger partial charge < -0.3 is 15.0 Å². The fourth-order valence-corrected chi connectivity index (χ4v) is 1.88. The minimum Gasteiger partial charge on any atom is -0.385 e. The van der Waals surface area contributed by atoms with Crippen molar-refractivity contribution in [3.63, 3.8) is 0 Å². The Labute approximate surface area is 81.4 Å². The summed E-state index contributed by atoms with van der Waals surface area (Å²) in [5.74, 6) is 0.868. The Balaban J connectivity index is 1.99. The summed E-state index contributed by atoms with van der Waals surface area (Å²) in [6, 6.07) is 0. The van der Waals surface area contributed by atoms with Crippen molar-refractivity contribution in [1.82, 2.24) is 10.2 Å². The molecule has 3 nitrogen and oxygen atoms in total. The summed E-state index contributed by atoms with van der Waals surface area (Å²) in [4.78, 5) is 2.41. The zero-order chi connectivity index (χ0) is 9.52. The van der Waals surface area contributed by atoms with Crippen LogP contribution >= 0.6 is 0 Å². The van der Waals surface area contributed by atoms with Crippen LogP contribution in [0.1, 0.15) is 12.8 Å². The molecule has 0 aromatic rings. The predicted molar refractivity (Wildman–Crippen MR) is 55.0 cm³/mol. The van der Waals surface area contributed by atoms with Crippen molar-refractivity contribution in [2.24, 2.45) is 5.92 Å². The Kier molecular flexibility index (Phi) is 5.35. The highest BCUT2D eigenvalue weighted by atomic mass is 16.5. The number of hydrogen-bond acceptors (Lipinski definition) is 3. The fourth-order valence-electron chi connectivity index (χ4n) is 1.88. The van der Waals surface area contributed by atoms with Crippen molar-refractivity contribution in [3.05, 3.63) is 0 Å². The van der Waals surface area contributed by atoms with Gasteiger partial charge in [-0.3, -0.25) is 0 Å². The molecule has 0 aromatic heterocycles. The monoisotopic (exact) mass is 186 g/mol. The van der Waals surface area contributed by atoms with Crippen LogP contribution in [0.3, 0.4) is 0 Å².